The number of hydrogen-bond donors (Lipinski definition) is 0. The van der Waals surface area contributed by atoms with Crippen molar-refractivity contribution in [3.63, 3.8) is 0 Å². The molecule has 0 aliphatic heterocycles. The molecule has 0 bridgehead atoms. The molecule has 0 saturated heterocycles. The van der Waals surface area contributed by atoms with E-state index >= 15 is 0 Å². The smallest absolute Gasteiger partial charge is 0.311 e. The van der Waals surface area contributed by atoms with Gasteiger partial charge in [-0.3, -0.25) is 0 Å². The van der Waals surface area contributed by atoms with Gasteiger partial charge >= 0.3 is 6.00 Å². The molecule has 3 aromatic carbocycles. The summed E-state index contributed by atoms with van der Waals surface area (Å²) in [5.74, 6) is 0. The van der Waals surface area contributed by atoms with Crippen LogP contribution in [0.15, 0.2) is 84.9 Å². The van der Waals surface area contributed by atoms with Crippen LogP contribution in [0, 0.1) is 0 Å². The van der Waals surface area contributed by atoms with Gasteiger partial charge in [0, 0.05) is 17.1 Å². The molecule has 5 heteroatoms. The van der Waals surface area contributed by atoms with Crippen LogP contribution in [0.5, 0.6) is 0 Å². The van der Waals surface area contributed by atoms with E-state index in [1.54, 1.807) is 0 Å². The molecule has 0 saturated carbocycles. The minimum atomic E-state index is -2.46. The van der Waals surface area contributed by atoms with Gasteiger partial charge in [0.1, 0.15) is 0 Å². The predicted octanol–water partition coefficient (Wildman–Crippen LogP) is 8.52. The largest absolute Gasteiger partial charge is 0.341 e. The van der Waals surface area contributed by atoms with E-state index in [0.29, 0.717) is 0 Å². The van der Waals surface area contributed by atoms with Crippen LogP contribution in [-0.2, 0) is 6.42 Å². The molecule has 0 fully saturated rings. The maximum atomic E-state index is 5.94. The standard InChI is InChI=1S/C23H24Cl3NSi/c24-28(25,26)19-9-3-4-10-20-15-17-23(18-16-20)27(21-11-5-1-6-12-21)22-13-7-2-8-14-22/h1-2,5-8,11-18H,3-4,9-10,19H2. The molecule has 0 radical (unpaired) electrons. The van der Waals surface area contributed by atoms with E-state index in [1.165, 1.54) is 5.56 Å². The fraction of sp³-hybridized carbons (Fsp3) is 0.217. The zero-order valence-corrected chi connectivity index (χ0v) is 19.0. The Balaban J connectivity index is 1.67. The summed E-state index contributed by atoms with van der Waals surface area (Å²) in [6, 6.07) is 28.0. The number of aryl methyl sites for hydroxylation is 1. The van der Waals surface area contributed by atoms with Crippen molar-refractivity contribution in [2.75, 3.05) is 4.90 Å². The lowest BCUT2D eigenvalue weighted by Gasteiger charge is -2.25. The Kier molecular flexibility index (Phi) is 7.87. The summed E-state index contributed by atoms with van der Waals surface area (Å²) >= 11 is 17.8. The molecule has 0 unspecified atom stereocenters. The highest BCUT2D eigenvalue weighted by Gasteiger charge is 2.23. The van der Waals surface area contributed by atoms with Crippen LogP contribution in [0.2, 0.25) is 6.04 Å². The highest BCUT2D eigenvalue weighted by Crippen LogP contribution is 2.34. The van der Waals surface area contributed by atoms with E-state index < -0.39 is 6.00 Å². The molecule has 0 spiro atoms. The maximum Gasteiger partial charge on any atom is 0.341 e. The molecule has 1 nitrogen and oxygen atoms in total. The zero-order chi connectivity index (χ0) is 19.8. The average Bonchev–Trinajstić information content (AvgIpc) is 2.70. The van der Waals surface area contributed by atoms with Crippen molar-refractivity contribution in [2.24, 2.45) is 0 Å². The van der Waals surface area contributed by atoms with E-state index in [1.807, 2.05) is 12.1 Å². The van der Waals surface area contributed by atoms with Crippen molar-refractivity contribution >= 4 is 56.3 Å². The fourth-order valence-corrected chi connectivity index (χ4v) is 5.10. The molecule has 0 atom stereocenters. The number of nitrogens with zero attached hydrogens (tertiary/aromatic N) is 1. The molecule has 0 heterocycles. The van der Waals surface area contributed by atoms with E-state index in [4.69, 9.17) is 33.2 Å². The Bertz CT molecular complexity index is 794. The molecule has 0 aromatic heterocycles. The highest BCUT2D eigenvalue weighted by atomic mass is 35.8. The number of halogens is 3. The lowest BCUT2D eigenvalue weighted by Crippen LogP contribution is -2.09. The predicted molar refractivity (Wildman–Crippen MR) is 127 cm³/mol. The summed E-state index contributed by atoms with van der Waals surface area (Å²) in [5.41, 5.74) is 4.80. The SMILES string of the molecule is Cl[Si](Cl)(Cl)CCCCCc1ccc(N(c2ccccc2)c2ccccc2)cc1. The van der Waals surface area contributed by atoms with Crippen LogP contribution in [0.25, 0.3) is 0 Å². The van der Waals surface area contributed by atoms with Crippen molar-refractivity contribution in [1.29, 1.82) is 0 Å². The molecule has 0 N–H and O–H groups in total. The van der Waals surface area contributed by atoms with Crippen molar-refractivity contribution in [3.8, 4) is 0 Å². The summed E-state index contributed by atoms with van der Waals surface area (Å²) in [6.07, 6.45) is 4.27. The van der Waals surface area contributed by atoms with Gasteiger partial charge in [-0.25, -0.2) is 0 Å². The minimum Gasteiger partial charge on any atom is -0.311 e. The van der Waals surface area contributed by atoms with Crippen LogP contribution >= 0.6 is 33.2 Å². The van der Waals surface area contributed by atoms with Crippen LogP contribution in [0.1, 0.15) is 24.8 Å². The van der Waals surface area contributed by atoms with Gasteiger partial charge in [0.15, 0.2) is 0 Å². The molecule has 146 valence electrons. The molecule has 28 heavy (non-hydrogen) atoms. The summed E-state index contributed by atoms with van der Waals surface area (Å²) in [6.45, 7) is 0. The minimum absolute atomic E-state index is 0.750. The third kappa shape index (κ3) is 6.56. The third-order valence-electron chi connectivity index (χ3n) is 4.65. The quantitative estimate of drug-likeness (QED) is 0.180. The molecule has 0 amide bonds. The number of hydrogen-bond acceptors (Lipinski definition) is 1. The molecular weight excluding hydrogens is 425 g/mol. The monoisotopic (exact) mass is 447 g/mol. The third-order valence-corrected chi connectivity index (χ3v) is 7.27. The molecular formula is C23H24Cl3NSi. The van der Waals surface area contributed by atoms with E-state index in [-0.39, 0.29) is 0 Å². The second kappa shape index (κ2) is 10.4. The van der Waals surface area contributed by atoms with Crippen molar-refractivity contribution in [1.82, 2.24) is 0 Å². The Labute approximate surface area is 183 Å². The Morgan fingerprint density at radius 1 is 0.571 bits per heavy atom. The first-order valence-corrected chi connectivity index (χ1v) is 14.8. The maximum absolute atomic E-state index is 5.94. The van der Waals surface area contributed by atoms with E-state index in [0.717, 1.165) is 48.8 Å². The summed E-state index contributed by atoms with van der Waals surface area (Å²) in [4.78, 5) is 2.27. The Morgan fingerprint density at radius 3 is 1.57 bits per heavy atom. The molecule has 0 aliphatic rings. The Morgan fingerprint density at radius 2 is 1.07 bits per heavy atom. The van der Waals surface area contributed by atoms with Crippen LogP contribution < -0.4 is 4.90 Å². The van der Waals surface area contributed by atoms with Gasteiger partial charge in [0.2, 0.25) is 0 Å². The first-order chi connectivity index (χ1) is 13.5. The average molecular weight is 449 g/mol. The van der Waals surface area contributed by atoms with Crippen molar-refractivity contribution in [3.05, 3.63) is 90.5 Å². The lowest BCUT2D eigenvalue weighted by atomic mass is 10.1. The molecule has 3 rings (SSSR count). The van der Waals surface area contributed by atoms with Gasteiger partial charge in [-0.2, -0.15) is 0 Å². The molecule has 3 aromatic rings. The van der Waals surface area contributed by atoms with Crippen LogP contribution in [0.3, 0.4) is 0 Å². The summed E-state index contributed by atoms with van der Waals surface area (Å²) in [5, 5.41) is 0. The van der Waals surface area contributed by atoms with E-state index in [9.17, 15) is 0 Å². The van der Waals surface area contributed by atoms with Gasteiger partial charge in [0.05, 0.1) is 0 Å². The van der Waals surface area contributed by atoms with Crippen LogP contribution in [-0.4, -0.2) is 6.00 Å². The normalized spacial score (nSPS) is 11.4. The first-order valence-electron chi connectivity index (χ1n) is 9.59. The summed E-state index contributed by atoms with van der Waals surface area (Å²) < 4.78 is 0. The van der Waals surface area contributed by atoms with Gasteiger partial charge < -0.3 is 4.90 Å². The fourth-order valence-electron chi connectivity index (χ4n) is 3.24. The number of unbranched alkanes of at least 4 members (excludes halogenated alkanes) is 2. The van der Waals surface area contributed by atoms with Crippen LogP contribution in [0.4, 0.5) is 17.1 Å². The highest BCUT2D eigenvalue weighted by molar-refractivity contribution is 7.64. The second-order valence-electron chi connectivity index (χ2n) is 6.85. The lowest BCUT2D eigenvalue weighted by molar-refractivity contribution is 0.715. The van der Waals surface area contributed by atoms with Gasteiger partial charge in [-0.15, -0.1) is 33.2 Å². The summed E-state index contributed by atoms with van der Waals surface area (Å²) in [7, 11) is 0. The van der Waals surface area contributed by atoms with E-state index in [2.05, 4.69) is 77.7 Å². The number of rotatable bonds is 9. The van der Waals surface area contributed by atoms with Gasteiger partial charge in [-0.1, -0.05) is 61.4 Å². The number of benzene rings is 3. The second-order valence-corrected chi connectivity index (χ2v) is 16.1. The number of para-hydroxylation sites is 2. The molecule has 0 aliphatic carbocycles. The Hall–Kier alpha value is -1.45. The number of anilines is 3. The van der Waals surface area contributed by atoms with Crippen molar-refractivity contribution in [2.45, 2.75) is 31.7 Å². The van der Waals surface area contributed by atoms with Gasteiger partial charge in [-0.05, 0) is 60.8 Å². The van der Waals surface area contributed by atoms with Gasteiger partial charge in [0.25, 0.3) is 0 Å². The first kappa shape index (κ1) is 21.3. The van der Waals surface area contributed by atoms with Crippen molar-refractivity contribution < 1.29 is 0 Å². The zero-order valence-electron chi connectivity index (χ0n) is 15.7. The topological polar surface area (TPSA) is 3.24 Å².